The van der Waals surface area contributed by atoms with Gasteiger partial charge in [0.05, 0.1) is 19.0 Å². The number of aromatic nitrogens is 1. The van der Waals surface area contributed by atoms with Crippen molar-refractivity contribution in [2.75, 3.05) is 12.8 Å². The fraction of sp³-hybridized carbons (Fsp3) is 0.214. The van der Waals surface area contributed by atoms with Crippen molar-refractivity contribution in [3.05, 3.63) is 41.0 Å². The Bertz CT molecular complexity index is 588. The van der Waals surface area contributed by atoms with Gasteiger partial charge in [-0.25, -0.2) is 4.98 Å². The summed E-state index contributed by atoms with van der Waals surface area (Å²) in [6.45, 7) is 2.08. The predicted molar refractivity (Wildman–Crippen MR) is 76.1 cm³/mol. The molecule has 4 nitrogen and oxygen atoms in total. The number of anilines is 1. The van der Waals surface area contributed by atoms with E-state index >= 15 is 0 Å². The molecule has 0 saturated heterocycles. The molecule has 0 saturated carbocycles. The van der Waals surface area contributed by atoms with E-state index in [-0.39, 0.29) is 0 Å². The van der Waals surface area contributed by atoms with Gasteiger partial charge < -0.3 is 15.2 Å². The van der Waals surface area contributed by atoms with Gasteiger partial charge in [0.15, 0.2) is 11.5 Å². The highest BCUT2D eigenvalue weighted by Gasteiger charge is 2.10. The minimum Gasteiger partial charge on any atom is -0.493 e. The van der Waals surface area contributed by atoms with Crippen molar-refractivity contribution >= 4 is 17.3 Å². The van der Waals surface area contributed by atoms with Gasteiger partial charge in [-0.2, -0.15) is 0 Å². The lowest BCUT2D eigenvalue weighted by molar-refractivity contribution is 0.374. The van der Waals surface area contributed by atoms with Crippen LogP contribution in [0.15, 0.2) is 30.5 Å². The first-order valence-corrected chi connectivity index (χ1v) is 6.27. The van der Waals surface area contributed by atoms with Crippen molar-refractivity contribution < 1.29 is 9.47 Å². The molecule has 1 heterocycles. The minimum atomic E-state index is 0.304. The Morgan fingerprint density at radius 1 is 1.26 bits per heavy atom. The van der Waals surface area contributed by atoms with E-state index in [0.717, 1.165) is 6.42 Å². The number of aryl methyl sites for hydroxylation is 1. The molecule has 0 unspecified atom stereocenters. The van der Waals surface area contributed by atoms with Gasteiger partial charge in [-0.05, 0) is 30.2 Å². The van der Waals surface area contributed by atoms with Crippen LogP contribution < -0.4 is 15.2 Å². The molecule has 0 atom stereocenters. The van der Waals surface area contributed by atoms with Gasteiger partial charge in [-0.3, -0.25) is 0 Å². The third-order valence-corrected chi connectivity index (χ3v) is 2.94. The van der Waals surface area contributed by atoms with Crippen LogP contribution in [-0.4, -0.2) is 12.1 Å². The summed E-state index contributed by atoms with van der Waals surface area (Å²) in [5.41, 5.74) is 7.25. The molecule has 0 fully saturated rings. The second kappa shape index (κ2) is 5.80. The van der Waals surface area contributed by atoms with Gasteiger partial charge in [0.2, 0.25) is 5.88 Å². The van der Waals surface area contributed by atoms with Crippen molar-refractivity contribution in [3.63, 3.8) is 0 Å². The number of methoxy groups -OCH3 is 1. The summed E-state index contributed by atoms with van der Waals surface area (Å²) in [4.78, 5) is 4.06. The molecule has 2 N–H and O–H groups in total. The third-order valence-electron chi connectivity index (χ3n) is 2.67. The molecule has 0 aliphatic heterocycles. The topological polar surface area (TPSA) is 57.4 Å². The Morgan fingerprint density at radius 3 is 2.68 bits per heavy atom. The van der Waals surface area contributed by atoms with Gasteiger partial charge in [0.25, 0.3) is 0 Å². The van der Waals surface area contributed by atoms with Gasteiger partial charge >= 0.3 is 0 Å². The molecule has 0 bridgehead atoms. The lowest BCUT2D eigenvalue weighted by atomic mass is 10.1. The summed E-state index contributed by atoms with van der Waals surface area (Å²) in [6, 6.07) is 7.34. The number of benzene rings is 1. The van der Waals surface area contributed by atoms with E-state index in [9.17, 15) is 0 Å². The van der Waals surface area contributed by atoms with Crippen molar-refractivity contribution in [2.24, 2.45) is 0 Å². The van der Waals surface area contributed by atoms with E-state index < -0.39 is 0 Å². The van der Waals surface area contributed by atoms with E-state index in [0.29, 0.717) is 28.1 Å². The number of hydrogen-bond donors (Lipinski definition) is 1. The van der Waals surface area contributed by atoms with Crippen LogP contribution in [0.1, 0.15) is 12.5 Å². The van der Waals surface area contributed by atoms with E-state index in [1.54, 1.807) is 13.2 Å². The Morgan fingerprint density at radius 2 is 2.05 bits per heavy atom. The molecular weight excluding hydrogens is 264 g/mol. The van der Waals surface area contributed by atoms with Gasteiger partial charge in [-0.15, -0.1) is 0 Å². The van der Waals surface area contributed by atoms with E-state index in [2.05, 4.69) is 11.9 Å². The number of pyridine rings is 1. The SMILES string of the molecule is CCc1ccc(Oc2ncc(N)cc2Cl)c(OC)c1. The maximum atomic E-state index is 6.03. The number of nitrogens with two attached hydrogens (primary N) is 1. The third kappa shape index (κ3) is 3.09. The smallest absolute Gasteiger partial charge is 0.238 e. The zero-order valence-corrected chi connectivity index (χ0v) is 11.6. The number of ether oxygens (including phenoxy) is 2. The Balaban J connectivity index is 2.32. The van der Waals surface area contributed by atoms with Crippen LogP contribution in [0.25, 0.3) is 0 Å². The zero-order valence-electron chi connectivity index (χ0n) is 10.8. The zero-order chi connectivity index (χ0) is 13.8. The first-order chi connectivity index (χ1) is 9.13. The Hall–Kier alpha value is -1.94. The molecule has 0 amide bonds. The first-order valence-electron chi connectivity index (χ1n) is 5.89. The normalized spacial score (nSPS) is 10.3. The number of nitrogens with zero attached hydrogens (tertiary/aromatic N) is 1. The molecule has 2 rings (SSSR count). The quantitative estimate of drug-likeness (QED) is 0.927. The average Bonchev–Trinajstić information content (AvgIpc) is 2.42. The van der Waals surface area contributed by atoms with Crippen LogP contribution in [0.4, 0.5) is 5.69 Å². The van der Waals surface area contributed by atoms with E-state index in [1.807, 2.05) is 18.2 Å². The van der Waals surface area contributed by atoms with E-state index in [4.69, 9.17) is 26.8 Å². The maximum absolute atomic E-state index is 6.03. The maximum Gasteiger partial charge on any atom is 0.238 e. The molecule has 19 heavy (non-hydrogen) atoms. The second-order valence-corrected chi connectivity index (χ2v) is 4.40. The van der Waals surface area contributed by atoms with Crippen LogP contribution in [-0.2, 0) is 6.42 Å². The number of rotatable bonds is 4. The molecule has 0 aliphatic carbocycles. The first kappa shape index (κ1) is 13.5. The van der Waals surface area contributed by atoms with E-state index in [1.165, 1.54) is 11.8 Å². The largest absolute Gasteiger partial charge is 0.493 e. The lowest BCUT2D eigenvalue weighted by Gasteiger charge is -2.11. The molecule has 0 aliphatic rings. The molecule has 2 aromatic rings. The second-order valence-electron chi connectivity index (χ2n) is 4.00. The summed E-state index contributed by atoms with van der Waals surface area (Å²) in [5.74, 6) is 1.52. The molecule has 1 aromatic carbocycles. The summed E-state index contributed by atoms with van der Waals surface area (Å²) >= 11 is 6.03. The monoisotopic (exact) mass is 278 g/mol. The highest BCUT2D eigenvalue weighted by atomic mass is 35.5. The molecular formula is C14H15ClN2O2. The fourth-order valence-electron chi connectivity index (χ4n) is 1.64. The molecule has 0 spiro atoms. The Labute approximate surface area is 117 Å². The lowest BCUT2D eigenvalue weighted by Crippen LogP contribution is -1.95. The molecule has 100 valence electrons. The predicted octanol–water partition coefficient (Wildman–Crippen LogP) is 3.68. The molecule has 5 heteroatoms. The van der Waals surface area contributed by atoms with Gasteiger partial charge in [-0.1, -0.05) is 24.6 Å². The summed E-state index contributed by atoms with van der Waals surface area (Å²) in [5, 5.41) is 0.363. The highest BCUT2D eigenvalue weighted by molar-refractivity contribution is 6.32. The van der Waals surface area contributed by atoms with Gasteiger partial charge in [0, 0.05) is 0 Å². The number of hydrogen-bond acceptors (Lipinski definition) is 4. The van der Waals surface area contributed by atoms with Crippen LogP contribution in [0.3, 0.4) is 0 Å². The van der Waals surface area contributed by atoms with Crippen LogP contribution in [0.2, 0.25) is 5.02 Å². The Kier molecular flexibility index (Phi) is 4.12. The minimum absolute atomic E-state index is 0.304. The number of halogens is 1. The average molecular weight is 279 g/mol. The van der Waals surface area contributed by atoms with Crippen molar-refractivity contribution in [1.29, 1.82) is 0 Å². The van der Waals surface area contributed by atoms with Crippen molar-refractivity contribution in [2.45, 2.75) is 13.3 Å². The van der Waals surface area contributed by atoms with Gasteiger partial charge in [0.1, 0.15) is 5.02 Å². The van der Waals surface area contributed by atoms with Crippen molar-refractivity contribution in [1.82, 2.24) is 4.98 Å². The summed E-state index contributed by atoms with van der Waals surface area (Å²) < 4.78 is 11.0. The van der Waals surface area contributed by atoms with Crippen LogP contribution in [0, 0.1) is 0 Å². The standard InChI is InChI=1S/C14H15ClN2O2/c1-3-9-4-5-12(13(6-9)18-2)19-14-11(15)7-10(16)8-17-14/h4-8H,3,16H2,1-2H3. The summed E-state index contributed by atoms with van der Waals surface area (Å²) in [7, 11) is 1.60. The fourth-order valence-corrected chi connectivity index (χ4v) is 1.85. The highest BCUT2D eigenvalue weighted by Crippen LogP contribution is 2.34. The van der Waals surface area contributed by atoms with Crippen LogP contribution >= 0.6 is 11.6 Å². The van der Waals surface area contributed by atoms with Crippen LogP contribution in [0.5, 0.6) is 17.4 Å². The summed E-state index contributed by atoms with van der Waals surface area (Å²) in [6.07, 6.45) is 2.42. The molecule has 0 radical (unpaired) electrons. The number of nitrogen functional groups attached to an aromatic ring is 1. The molecule has 1 aromatic heterocycles. The van der Waals surface area contributed by atoms with Crippen molar-refractivity contribution in [3.8, 4) is 17.4 Å².